The van der Waals surface area contributed by atoms with E-state index in [-0.39, 0.29) is 30.7 Å². The van der Waals surface area contributed by atoms with Crippen LogP contribution in [0.3, 0.4) is 0 Å². The van der Waals surface area contributed by atoms with Crippen molar-refractivity contribution in [1.82, 2.24) is 0 Å². The third-order valence-electron chi connectivity index (χ3n) is 4.70. The number of carbonyl (C=O) groups is 2. The first-order chi connectivity index (χ1) is 13.0. The molecule has 0 heterocycles. The van der Waals surface area contributed by atoms with Crippen molar-refractivity contribution in [2.75, 3.05) is 0 Å². The van der Waals surface area contributed by atoms with Crippen molar-refractivity contribution < 1.29 is 14.3 Å². The van der Waals surface area contributed by atoms with Gasteiger partial charge in [-0.15, -0.1) is 0 Å². The van der Waals surface area contributed by atoms with E-state index in [2.05, 4.69) is 13.8 Å². The highest BCUT2D eigenvalue weighted by Gasteiger charge is 2.26. The molecule has 0 N–H and O–H groups in total. The second-order valence-corrected chi connectivity index (χ2v) is 7.68. The van der Waals surface area contributed by atoms with Crippen LogP contribution in [-0.4, -0.2) is 11.8 Å². The van der Waals surface area contributed by atoms with Crippen LogP contribution in [0.4, 0.5) is 0 Å². The van der Waals surface area contributed by atoms with Crippen LogP contribution in [-0.2, 0) is 27.4 Å². The normalized spacial score (nSPS) is 13.2. The Hall–Kier alpha value is -2.42. The zero-order chi connectivity index (χ0) is 19.6. The SMILES string of the molecule is CC(C)C[C@H](C)C(=O)C[C@@H](Cc1ccccc1)C(=O)OCc1ccccc1. The Balaban J connectivity index is 2.03. The van der Waals surface area contributed by atoms with E-state index in [0.29, 0.717) is 12.3 Å². The summed E-state index contributed by atoms with van der Waals surface area (Å²) in [6, 6.07) is 19.4. The molecule has 3 nitrogen and oxygen atoms in total. The number of ether oxygens (including phenoxy) is 1. The van der Waals surface area contributed by atoms with Crippen LogP contribution < -0.4 is 0 Å². The molecule has 2 aromatic carbocycles. The summed E-state index contributed by atoms with van der Waals surface area (Å²) < 4.78 is 5.53. The fourth-order valence-electron chi connectivity index (χ4n) is 3.27. The summed E-state index contributed by atoms with van der Waals surface area (Å²) in [4.78, 5) is 25.4. The second-order valence-electron chi connectivity index (χ2n) is 7.68. The first kappa shape index (κ1) is 20.9. The molecular weight excluding hydrogens is 336 g/mol. The van der Waals surface area contributed by atoms with Crippen molar-refractivity contribution in [3.63, 3.8) is 0 Å². The number of benzene rings is 2. The van der Waals surface area contributed by atoms with Gasteiger partial charge in [0.05, 0.1) is 5.92 Å². The summed E-state index contributed by atoms with van der Waals surface area (Å²) in [5.41, 5.74) is 1.99. The number of Topliss-reactive ketones (excluding diaryl/α,β-unsaturated/α-hetero) is 1. The summed E-state index contributed by atoms with van der Waals surface area (Å²) >= 11 is 0. The maximum absolute atomic E-state index is 12.7. The van der Waals surface area contributed by atoms with E-state index in [1.54, 1.807) is 0 Å². The van der Waals surface area contributed by atoms with Crippen LogP contribution in [0.25, 0.3) is 0 Å². The summed E-state index contributed by atoms with van der Waals surface area (Å²) in [6.45, 7) is 6.41. The highest BCUT2D eigenvalue weighted by atomic mass is 16.5. The van der Waals surface area contributed by atoms with Gasteiger partial charge in [-0.05, 0) is 29.9 Å². The molecule has 0 spiro atoms. The van der Waals surface area contributed by atoms with Gasteiger partial charge in [0.25, 0.3) is 0 Å². The summed E-state index contributed by atoms with van der Waals surface area (Å²) in [5, 5.41) is 0. The smallest absolute Gasteiger partial charge is 0.310 e. The van der Waals surface area contributed by atoms with Gasteiger partial charge < -0.3 is 4.74 Å². The lowest BCUT2D eigenvalue weighted by Gasteiger charge is -2.19. The van der Waals surface area contributed by atoms with E-state index < -0.39 is 5.92 Å². The Morgan fingerprint density at radius 3 is 1.96 bits per heavy atom. The van der Waals surface area contributed by atoms with E-state index in [1.165, 1.54) is 0 Å². The van der Waals surface area contributed by atoms with E-state index in [0.717, 1.165) is 17.5 Å². The van der Waals surface area contributed by atoms with Gasteiger partial charge in [0.1, 0.15) is 12.4 Å². The molecule has 0 aromatic heterocycles. The molecule has 0 bridgehead atoms. The molecule has 0 saturated carbocycles. The minimum atomic E-state index is -0.446. The van der Waals surface area contributed by atoms with E-state index >= 15 is 0 Å². The average molecular weight is 367 g/mol. The van der Waals surface area contributed by atoms with Gasteiger partial charge in [-0.2, -0.15) is 0 Å². The summed E-state index contributed by atoms with van der Waals surface area (Å²) in [5.74, 6) is -0.181. The van der Waals surface area contributed by atoms with Gasteiger partial charge in [-0.25, -0.2) is 0 Å². The highest BCUT2D eigenvalue weighted by Crippen LogP contribution is 2.21. The van der Waals surface area contributed by atoms with Crippen LogP contribution in [0.1, 0.15) is 44.7 Å². The van der Waals surface area contributed by atoms with Gasteiger partial charge >= 0.3 is 5.97 Å². The standard InChI is InChI=1S/C24H30O3/c1-18(2)14-19(3)23(25)16-22(15-20-10-6-4-7-11-20)24(26)27-17-21-12-8-5-9-13-21/h4-13,18-19,22H,14-17H2,1-3H3/t19-,22+/m0/s1. The molecule has 3 heteroatoms. The molecule has 144 valence electrons. The zero-order valence-electron chi connectivity index (χ0n) is 16.6. The molecule has 0 fully saturated rings. The molecule has 0 unspecified atom stereocenters. The fourth-order valence-corrected chi connectivity index (χ4v) is 3.27. The molecule has 0 aliphatic carbocycles. The van der Waals surface area contributed by atoms with E-state index in [4.69, 9.17) is 4.74 Å². The lowest BCUT2D eigenvalue weighted by molar-refractivity contribution is -0.151. The average Bonchev–Trinajstić information content (AvgIpc) is 2.66. The van der Waals surface area contributed by atoms with Crippen LogP contribution >= 0.6 is 0 Å². The third kappa shape index (κ3) is 7.38. The molecule has 27 heavy (non-hydrogen) atoms. The van der Waals surface area contributed by atoms with Gasteiger partial charge in [0.15, 0.2) is 0 Å². The van der Waals surface area contributed by atoms with Crippen LogP contribution in [0, 0.1) is 17.8 Å². The predicted octanol–water partition coefficient (Wildman–Crippen LogP) is 5.23. The molecule has 2 rings (SSSR count). The predicted molar refractivity (Wildman–Crippen MR) is 108 cm³/mol. The van der Waals surface area contributed by atoms with Gasteiger partial charge in [-0.3, -0.25) is 9.59 Å². The number of hydrogen-bond acceptors (Lipinski definition) is 3. The molecule has 0 aliphatic rings. The van der Waals surface area contributed by atoms with Gasteiger partial charge in [0, 0.05) is 12.3 Å². The number of esters is 1. The minimum Gasteiger partial charge on any atom is -0.461 e. The first-order valence-electron chi connectivity index (χ1n) is 9.73. The second kappa shape index (κ2) is 10.7. The number of hydrogen-bond donors (Lipinski definition) is 0. The molecule has 2 aromatic rings. The Kier molecular flexibility index (Phi) is 8.25. The van der Waals surface area contributed by atoms with Crippen molar-refractivity contribution in [2.45, 2.75) is 46.6 Å². The van der Waals surface area contributed by atoms with E-state index in [1.807, 2.05) is 67.6 Å². The summed E-state index contributed by atoms with van der Waals surface area (Å²) in [6.07, 6.45) is 1.60. The maximum Gasteiger partial charge on any atom is 0.310 e. The lowest BCUT2D eigenvalue weighted by Crippen LogP contribution is -2.26. The van der Waals surface area contributed by atoms with Crippen molar-refractivity contribution in [1.29, 1.82) is 0 Å². The Morgan fingerprint density at radius 2 is 1.41 bits per heavy atom. The van der Waals surface area contributed by atoms with Crippen LogP contribution in [0.15, 0.2) is 60.7 Å². The number of rotatable bonds is 10. The van der Waals surface area contributed by atoms with Crippen molar-refractivity contribution in [3.05, 3.63) is 71.8 Å². The van der Waals surface area contributed by atoms with Crippen molar-refractivity contribution >= 4 is 11.8 Å². The third-order valence-corrected chi connectivity index (χ3v) is 4.70. The quantitative estimate of drug-likeness (QED) is 0.541. The Morgan fingerprint density at radius 1 is 0.852 bits per heavy atom. The summed E-state index contributed by atoms with van der Waals surface area (Å²) in [7, 11) is 0. The molecule has 0 saturated heterocycles. The molecular formula is C24H30O3. The molecule has 0 radical (unpaired) electrons. The first-order valence-corrected chi connectivity index (χ1v) is 9.73. The molecule has 0 amide bonds. The topological polar surface area (TPSA) is 43.4 Å². The molecule has 2 atom stereocenters. The minimum absolute atomic E-state index is 0.0369. The lowest BCUT2D eigenvalue weighted by atomic mass is 9.87. The van der Waals surface area contributed by atoms with Crippen LogP contribution in [0.2, 0.25) is 0 Å². The highest BCUT2D eigenvalue weighted by molar-refractivity contribution is 5.86. The number of carbonyl (C=O) groups excluding carboxylic acids is 2. The largest absolute Gasteiger partial charge is 0.461 e. The van der Waals surface area contributed by atoms with E-state index in [9.17, 15) is 9.59 Å². The number of ketones is 1. The fraction of sp³-hybridized carbons (Fsp3) is 0.417. The monoisotopic (exact) mass is 366 g/mol. The zero-order valence-corrected chi connectivity index (χ0v) is 16.6. The Bertz CT molecular complexity index is 707. The Labute approximate surface area is 162 Å². The van der Waals surface area contributed by atoms with Crippen molar-refractivity contribution in [2.24, 2.45) is 17.8 Å². The van der Waals surface area contributed by atoms with Gasteiger partial charge in [0.2, 0.25) is 0 Å². The molecule has 0 aliphatic heterocycles. The van der Waals surface area contributed by atoms with Crippen LogP contribution in [0.5, 0.6) is 0 Å². The van der Waals surface area contributed by atoms with Crippen molar-refractivity contribution in [3.8, 4) is 0 Å². The maximum atomic E-state index is 12.7. The van der Waals surface area contributed by atoms with Gasteiger partial charge in [-0.1, -0.05) is 81.4 Å².